The fourth-order valence-electron chi connectivity index (χ4n) is 3.44. The minimum atomic E-state index is -1.31. The maximum Gasteiger partial charge on any atom is 0.318 e. The van der Waals surface area contributed by atoms with Crippen LogP contribution in [-0.4, -0.2) is 60.7 Å². The van der Waals surface area contributed by atoms with Gasteiger partial charge in [-0.2, -0.15) is 0 Å². The molecule has 1 saturated heterocycles. The first-order chi connectivity index (χ1) is 13.8. The van der Waals surface area contributed by atoms with E-state index in [0.717, 1.165) is 12.8 Å². The van der Waals surface area contributed by atoms with E-state index in [1.807, 2.05) is 18.7 Å². The van der Waals surface area contributed by atoms with E-state index in [1.54, 1.807) is 0 Å². The lowest BCUT2D eigenvalue weighted by Gasteiger charge is -2.40. The highest BCUT2D eigenvalue weighted by molar-refractivity contribution is 5.87. The van der Waals surface area contributed by atoms with E-state index in [-0.39, 0.29) is 30.1 Å². The number of piperidine rings is 1. The first kappa shape index (κ1) is 25.7. The first-order valence-corrected chi connectivity index (χ1v) is 10.4. The fraction of sp³-hybridized carbons (Fsp3) is 0.810. The number of carbonyl (C=O) groups excluding carboxylic acids is 4. The van der Waals surface area contributed by atoms with Gasteiger partial charge in [-0.1, -0.05) is 27.7 Å². The molecule has 1 unspecified atom stereocenters. The molecule has 0 aromatic rings. The Morgan fingerprint density at radius 1 is 1.10 bits per heavy atom. The molecule has 1 rings (SSSR count). The van der Waals surface area contributed by atoms with Crippen molar-refractivity contribution in [3.63, 3.8) is 0 Å². The van der Waals surface area contributed by atoms with Crippen molar-refractivity contribution >= 4 is 23.9 Å². The lowest BCUT2D eigenvalue weighted by atomic mass is 9.83. The Kier molecular flexibility index (Phi) is 9.11. The molecule has 0 aromatic carbocycles. The molecule has 1 fully saturated rings. The van der Waals surface area contributed by atoms with E-state index in [9.17, 15) is 19.2 Å². The molecule has 0 bridgehead atoms. The summed E-state index contributed by atoms with van der Waals surface area (Å²) in [6.07, 6.45) is 1.74. The molecule has 1 atom stereocenters. The van der Waals surface area contributed by atoms with Crippen LogP contribution >= 0.6 is 0 Å². The summed E-state index contributed by atoms with van der Waals surface area (Å²) < 4.78 is 9.72. The van der Waals surface area contributed by atoms with Crippen LogP contribution in [0.25, 0.3) is 0 Å². The van der Waals surface area contributed by atoms with Crippen molar-refractivity contribution < 1.29 is 28.7 Å². The average molecular weight is 428 g/mol. The fourth-order valence-corrected chi connectivity index (χ4v) is 3.44. The predicted molar refractivity (Wildman–Crippen MR) is 111 cm³/mol. The van der Waals surface area contributed by atoms with Gasteiger partial charge >= 0.3 is 18.0 Å². The molecule has 9 heteroatoms. The molecular formula is C21H37N3O6. The summed E-state index contributed by atoms with van der Waals surface area (Å²) in [7, 11) is 1.24. The van der Waals surface area contributed by atoms with Crippen molar-refractivity contribution in [2.24, 2.45) is 11.3 Å². The lowest BCUT2D eigenvalue weighted by molar-refractivity contribution is -0.160. The molecule has 172 valence electrons. The molecule has 0 aliphatic carbocycles. The summed E-state index contributed by atoms with van der Waals surface area (Å²) in [4.78, 5) is 50.4. The van der Waals surface area contributed by atoms with Crippen molar-refractivity contribution in [3.05, 3.63) is 0 Å². The van der Waals surface area contributed by atoms with Gasteiger partial charge in [-0.15, -0.1) is 0 Å². The summed E-state index contributed by atoms with van der Waals surface area (Å²) in [5.74, 6) is -1.38. The smallest absolute Gasteiger partial charge is 0.318 e. The number of hydrogen-bond acceptors (Lipinski definition) is 6. The third-order valence-corrected chi connectivity index (χ3v) is 4.98. The predicted octanol–water partition coefficient (Wildman–Crippen LogP) is 2.19. The zero-order valence-corrected chi connectivity index (χ0v) is 19.3. The number of methoxy groups -OCH3 is 1. The largest absolute Gasteiger partial charge is 0.469 e. The Labute approximate surface area is 179 Å². The Morgan fingerprint density at radius 3 is 2.23 bits per heavy atom. The highest BCUT2D eigenvalue weighted by Crippen LogP contribution is 2.29. The molecule has 0 spiro atoms. The molecule has 0 radical (unpaired) electrons. The molecule has 3 amide bonds. The molecular weight excluding hydrogens is 390 g/mol. The first-order valence-electron chi connectivity index (χ1n) is 10.4. The second-order valence-corrected chi connectivity index (χ2v) is 9.41. The number of nitrogens with zero attached hydrogens (tertiary/aromatic N) is 1. The molecule has 0 saturated carbocycles. The van der Waals surface area contributed by atoms with E-state index >= 15 is 0 Å². The SMILES string of the molecule is COC(=O)CCC(=O)OC(C)(C)NC(=O)NC(C(=O)N1CCCC(C)(C)C1)C(C)C. The van der Waals surface area contributed by atoms with Crippen molar-refractivity contribution in [1.29, 1.82) is 0 Å². The number of ether oxygens (including phenoxy) is 2. The third kappa shape index (κ3) is 8.59. The van der Waals surface area contributed by atoms with E-state index in [1.165, 1.54) is 21.0 Å². The minimum absolute atomic E-state index is 0.0537. The summed E-state index contributed by atoms with van der Waals surface area (Å²) in [6, 6.07) is -1.30. The van der Waals surface area contributed by atoms with E-state index in [0.29, 0.717) is 13.1 Å². The Balaban J connectivity index is 2.66. The third-order valence-electron chi connectivity index (χ3n) is 4.98. The quantitative estimate of drug-likeness (QED) is 0.453. The molecule has 1 aliphatic rings. The van der Waals surface area contributed by atoms with Gasteiger partial charge in [0.2, 0.25) is 5.91 Å². The van der Waals surface area contributed by atoms with Gasteiger partial charge in [-0.3, -0.25) is 14.4 Å². The number of urea groups is 1. The normalized spacial score (nSPS) is 17.1. The van der Waals surface area contributed by atoms with E-state index < -0.39 is 29.7 Å². The van der Waals surface area contributed by atoms with Crippen LogP contribution < -0.4 is 10.6 Å². The van der Waals surface area contributed by atoms with Crippen LogP contribution in [0.1, 0.15) is 67.2 Å². The molecule has 2 N–H and O–H groups in total. The van der Waals surface area contributed by atoms with Crippen LogP contribution in [0, 0.1) is 11.3 Å². The van der Waals surface area contributed by atoms with Crippen molar-refractivity contribution in [1.82, 2.24) is 15.5 Å². The molecule has 1 heterocycles. The summed E-state index contributed by atoms with van der Waals surface area (Å²) in [6.45, 7) is 12.4. The average Bonchev–Trinajstić information content (AvgIpc) is 2.61. The molecule has 9 nitrogen and oxygen atoms in total. The molecule has 30 heavy (non-hydrogen) atoms. The highest BCUT2D eigenvalue weighted by atomic mass is 16.6. The molecule has 1 aliphatic heterocycles. The van der Waals surface area contributed by atoms with Crippen LogP contribution in [0.5, 0.6) is 0 Å². The maximum absolute atomic E-state index is 13.0. The van der Waals surface area contributed by atoms with Crippen LogP contribution in [0.2, 0.25) is 0 Å². The van der Waals surface area contributed by atoms with E-state index in [4.69, 9.17) is 4.74 Å². The highest BCUT2D eigenvalue weighted by Gasteiger charge is 2.35. The number of likely N-dealkylation sites (tertiary alicyclic amines) is 1. The van der Waals surface area contributed by atoms with Gasteiger partial charge in [0.25, 0.3) is 0 Å². The van der Waals surface area contributed by atoms with E-state index in [2.05, 4.69) is 29.2 Å². The van der Waals surface area contributed by atoms with Crippen molar-refractivity contribution in [2.45, 2.75) is 79.0 Å². The van der Waals surface area contributed by atoms with Crippen molar-refractivity contribution in [3.8, 4) is 0 Å². The number of nitrogens with one attached hydrogen (secondary N) is 2. The van der Waals surface area contributed by atoms with Crippen molar-refractivity contribution in [2.75, 3.05) is 20.2 Å². The number of esters is 2. The number of hydrogen-bond donors (Lipinski definition) is 2. The van der Waals surface area contributed by atoms with Gasteiger partial charge < -0.3 is 25.0 Å². The van der Waals surface area contributed by atoms with Gasteiger partial charge in [0.15, 0.2) is 5.72 Å². The monoisotopic (exact) mass is 427 g/mol. The number of amides is 3. The zero-order chi connectivity index (χ0) is 23.1. The zero-order valence-electron chi connectivity index (χ0n) is 19.3. The van der Waals surface area contributed by atoms with Gasteiger partial charge in [-0.05, 0) is 38.0 Å². The summed E-state index contributed by atoms with van der Waals surface area (Å²) in [5.41, 5.74) is -1.26. The number of rotatable bonds is 8. The minimum Gasteiger partial charge on any atom is -0.469 e. The standard InChI is InChI=1S/C21H37N3O6/c1-14(2)17(18(27)24-12-8-11-20(3,4)13-24)22-19(28)23-21(5,6)30-16(26)10-9-15(25)29-7/h14,17H,8-13H2,1-7H3,(H2,22,23,28). The lowest BCUT2D eigenvalue weighted by Crippen LogP contribution is -2.59. The number of carbonyl (C=O) groups is 4. The van der Waals surface area contributed by atoms with Gasteiger partial charge in [0, 0.05) is 13.1 Å². The maximum atomic E-state index is 13.0. The topological polar surface area (TPSA) is 114 Å². The van der Waals surface area contributed by atoms with Crippen LogP contribution in [-0.2, 0) is 23.9 Å². The summed E-state index contributed by atoms with van der Waals surface area (Å²) in [5, 5.41) is 5.29. The Morgan fingerprint density at radius 2 is 1.70 bits per heavy atom. The Bertz CT molecular complexity index is 645. The van der Waals surface area contributed by atoms with Gasteiger partial charge in [0.1, 0.15) is 6.04 Å². The molecule has 0 aromatic heterocycles. The Hall–Kier alpha value is -2.32. The van der Waals surface area contributed by atoms with Crippen LogP contribution in [0.4, 0.5) is 4.79 Å². The second kappa shape index (κ2) is 10.6. The summed E-state index contributed by atoms with van der Waals surface area (Å²) >= 11 is 0. The second-order valence-electron chi connectivity index (χ2n) is 9.41. The van der Waals surface area contributed by atoms with Crippen LogP contribution in [0.3, 0.4) is 0 Å². The van der Waals surface area contributed by atoms with Crippen LogP contribution in [0.15, 0.2) is 0 Å². The van der Waals surface area contributed by atoms with Gasteiger partial charge in [-0.25, -0.2) is 4.79 Å². The van der Waals surface area contributed by atoms with Gasteiger partial charge in [0.05, 0.1) is 20.0 Å².